The van der Waals surface area contributed by atoms with E-state index in [2.05, 4.69) is 15.9 Å². The van der Waals surface area contributed by atoms with Crippen LogP contribution in [0.4, 0.5) is 0 Å². The van der Waals surface area contributed by atoms with Gasteiger partial charge in [-0.2, -0.15) is 0 Å². The zero-order valence-corrected chi connectivity index (χ0v) is 9.47. The van der Waals surface area contributed by atoms with Crippen molar-refractivity contribution in [3.05, 3.63) is 27.7 Å². The fourth-order valence-corrected chi connectivity index (χ4v) is 1.75. The van der Waals surface area contributed by atoms with E-state index in [-0.39, 0.29) is 18.0 Å². The second kappa shape index (κ2) is 4.57. The van der Waals surface area contributed by atoms with Crippen LogP contribution in [-0.2, 0) is 0 Å². The molecule has 0 radical (unpaired) electrons. The summed E-state index contributed by atoms with van der Waals surface area (Å²) < 4.78 is 0.649. The van der Waals surface area contributed by atoms with Gasteiger partial charge in [0.1, 0.15) is 5.75 Å². The Kier molecular flexibility index (Phi) is 3.66. The minimum atomic E-state index is -0.138. The van der Waals surface area contributed by atoms with Gasteiger partial charge in [0, 0.05) is 10.9 Å². The van der Waals surface area contributed by atoms with Gasteiger partial charge >= 0.3 is 0 Å². The summed E-state index contributed by atoms with van der Waals surface area (Å²) in [6.45, 7) is 2.15. The minimum absolute atomic E-state index is 0.000856. The third kappa shape index (κ3) is 2.13. The van der Waals surface area contributed by atoms with Gasteiger partial charge in [0.15, 0.2) is 5.78 Å². The quantitative estimate of drug-likeness (QED) is 0.815. The van der Waals surface area contributed by atoms with Crippen molar-refractivity contribution in [3.8, 4) is 5.75 Å². The molecule has 0 bridgehead atoms. The highest BCUT2D eigenvalue weighted by molar-refractivity contribution is 9.10. The maximum atomic E-state index is 11.6. The van der Waals surface area contributed by atoms with E-state index in [4.69, 9.17) is 5.73 Å². The second-order valence-corrected chi connectivity index (χ2v) is 3.85. The first-order valence-corrected chi connectivity index (χ1v) is 5.08. The molecule has 4 heteroatoms. The Morgan fingerprint density at radius 2 is 2.21 bits per heavy atom. The van der Waals surface area contributed by atoms with Crippen LogP contribution in [0.5, 0.6) is 5.75 Å². The molecule has 1 aromatic carbocycles. The van der Waals surface area contributed by atoms with Crippen molar-refractivity contribution in [1.29, 1.82) is 0 Å². The smallest absolute Gasteiger partial charge is 0.169 e. The summed E-state index contributed by atoms with van der Waals surface area (Å²) in [7, 11) is 0. The topological polar surface area (TPSA) is 63.3 Å². The summed E-state index contributed by atoms with van der Waals surface area (Å²) in [6, 6.07) is 3.27. The molecule has 0 atom stereocenters. The molecule has 3 nitrogen and oxygen atoms in total. The van der Waals surface area contributed by atoms with Crippen LogP contribution in [0.25, 0.3) is 0 Å². The molecule has 0 spiro atoms. The van der Waals surface area contributed by atoms with Gasteiger partial charge in [-0.15, -0.1) is 0 Å². The molecular formula is C10H12BrNO2. The van der Waals surface area contributed by atoms with Crippen LogP contribution < -0.4 is 5.73 Å². The number of nitrogens with two attached hydrogens (primary N) is 1. The van der Waals surface area contributed by atoms with E-state index < -0.39 is 0 Å². The summed E-state index contributed by atoms with van der Waals surface area (Å²) in [5, 5.41) is 9.52. The number of Topliss-reactive ketones (excluding diaryl/α,β-unsaturated/α-hetero) is 1. The van der Waals surface area contributed by atoms with E-state index in [1.807, 2.05) is 6.92 Å². The predicted octanol–water partition coefficient (Wildman–Crippen LogP) is 1.99. The van der Waals surface area contributed by atoms with Gasteiger partial charge in [-0.1, -0.05) is 6.07 Å². The van der Waals surface area contributed by atoms with Gasteiger partial charge in [0.25, 0.3) is 0 Å². The number of aromatic hydroxyl groups is 1. The number of phenolic OH excluding ortho intramolecular Hbond substituents is 1. The highest BCUT2D eigenvalue weighted by Crippen LogP contribution is 2.29. The zero-order chi connectivity index (χ0) is 10.7. The number of hydrogen-bond donors (Lipinski definition) is 2. The van der Waals surface area contributed by atoms with Gasteiger partial charge in [-0.05, 0) is 41.0 Å². The molecule has 0 fully saturated rings. The van der Waals surface area contributed by atoms with Crippen molar-refractivity contribution >= 4 is 21.7 Å². The first-order chi connectivity index (χ1) is 6.57. The summed E-state index contributed by atoms with van der Waals surface area (Å²) in [5.74, 6) is -0.137. The second-order valence-electron chi connectivity index (χ2n) is 3.05. The van der Waals surface area contributed by atoms with Gasteiger partial charge in [-0.3, -0.25) is 4.79 Å². The highest BCUT2D eigenvalue weighted by Gasteiger charge is 2.15. The van der Waals surface area contributed by atoms with Crippen molar-refractivity contribution < 1.29 is 9.90 Å². The molecule has 14 heavy (non-hydrogen) atoms. The van der Waals surface area contributed by atoms with Crippen molar-refractivity contribution in [1.82, 2.24) is 0 Å². The third-order valence-corrected chi connectivity index (χ3v) is 2.99. The van der Waals surface area contributed by atoms with Crippen LogP contribution in [0.15, 0.2) is 16.6 Å². The minimum Gasteiger partial charge on any atom is -0.507 e. The molecule has 1 rings (SSSR count). The number of carbonyl (C=O) groups excluding carboxylic acids is 1. The number of carbonyl (C=O) groups is 1. The normalized spacial score (nSPS) is 10.2. The van der Waals surface area contributed by atoms with Crippen molar-refractivity contribution in [3.63, 3.8) is 0 Å². The first kappa shape index (κ1) is 11.2. The van der Waals surface area contributed by atoms with Crippen LogP contribution >= 0.6 is 15.9 Å². The monoisotopic (exact) mass is 257 g/mol. The Morgan fingerprint density at radius 3 is 2.79 bits per heavy atom. The predicted molar refractivity (Wildman–Crippen MR) is 58.5 cm³/mol. The standard InChI is InChI=1S/C10H12BrNO2/c1-6-2-3-7(13)9(10(6)11)8(14)4-5-12/h2-3,13H,4-5,12H2,1H3. The van der Waals surface area contributed by atoms with E-state index in [1.165, 1.54) is 6.07 Å². The Hall–Kier alpha value is -0.870. The lowest BCUT2D eigenvalue weighted by Crippen LogP contribution is -2.09. The molecule has 3 N–H and O–H groups in total. The molecule has 0 saturated heterocycles. The molecule has 0 heterocycles. The lowest BCUT2D eigenvalue weighted by Gasteiger charge is -2.07. The molecular weight excluding hydrogens is 246 g/mol. The number of halogens is 1. The Labute approximate surface area is 91.1 Å². The lowest BCUT2D eigenvalue weighted by molar-refractivity contribution is 0.0982. The van der Waals surface area contributed by atoms with Crippen LogP contribution in [-0.4, -0.2) is 17.4 Å². The van der Waals surface area contributed by atoms with Crippen molar-refractivity contribution in [2.75, 3.05) is 6.54 Å². The maximum absolute atomic E-state index is 11.6. The summed E-state index contributed by atoms with van der Waals surface area (Å²) in [5.41, 5.74) is 6.54. The summed E-state index contributed by atoms with van der Waals surface area (Å²) in [4.78, 5) is 11.6. The van der Waals surface area contributed by atoms with E-state index in [1.54, 1.807) is 6.07 Å². The molecule has 0 amide bonds. The Balaban J connectivity index is 3.18. The Bertz CT molecular complexity index is 363. The van der Waals surface area contributed by atoms with Crippen LogP contribution in [0, 0.1) is 6.92 Å². The molecule has 0 saturated carbocycles. The number of ketones is 1. The molecule has 0 unspecified atom stereocenters. The van der Waals surface area contributed by atoms with Crippen LogP contribution in [0.3, 0.4) is 0 Å². The van der Waals surface area contributed by atoms with E-state index in [0.29, 0.717) is 16.6 Å². The largest absolute Gasteiger partial charge is 0.507 e. The lowest BCUT2D eigenvalue weighted by atomic mass is 10.0. The maximum Gasteiger partial charge on any atom is 0.169 e. The van der Waals surface area contributed by atoms with E-state index in [0.717, 1.165) is 5.56 Å². The SMILES string of the molecule is Cc1ccc(O)c(C(=O)CCN)c1Br. The van der Waals surface area contributed by atoms with Crippen molar-refractivity contribution in [2.24, 2.45) is 5.73 Å². The number of phenols is 1. The first-order valence-electron chi connectivity index (χ1n) is 4.29. The van der Waals surface area contributed by atoms with Crippen molar-refractivity contribution in [2.45, 2.75) is 13.3 Å². The number of benzene rings is 1. The zero-order valence-electron chi connectivity index (χ0n) is 7.88. The van der Waals surface area contributed by atoms with Gasteiger partial charge < -0.3 is 10.8 Å². The molecule has 76 valence electrons. The average Bonchev–Trinajstić information content (AvgIpc) is 2.13. The number of aryl methyl sites for hydroxylation is 1. The van der Waals surface area contributed by atoms with Gasteiger partial charge in [-0.25, -0.2) is 0 Å². The fraction of sp³-hybridized carbons (Fsp3) is 0.300. The van der Waals surface area contributed by atoms with E-state index in [9.17, 15) is 9.90 Å². The molecule has 0 aliphatic carbocycles. The summed E-state index contributed by atoms with van der Waals surface area (Å²) in [6.07, 6.45) is 0.246. The van der Waals surface area contributed by atoms with Gasteiger partial charge in [0.05, 0.1) is 5.56 Å². The van der Waals surface area contributed by atoms with Crippen LogP contribution in [0.2, 0.25) is 0 Å². The van der Waals surface area contributed by atoms with Crippen LogP contribution in [0.1, 0.15) is 22.3 Å². The molecule has 0 aliphatic rings. The third-order valence-electron chi connectivity index (χ3n) is 1.96. The number of rotatable bonds is 3. The summed E-state index contributed by atoms with van der Waals surface area (Å²) >= 11 is 3.28. The molecule has 1 aromatic rings. The molecule has 0 aromatic heterocycles. The number of hydrogen-bond acceptors (Lipinski definition) is 3. The fourth-order valence-electron chi connectivity index (χ4n) is 1.19. The highest BCUT2D eigenvalue weighted by atomic mass is 79.9. The average molecular weight is 258 g/mol. The van der Waals surface area contributed by atoms with Gasteiger partial charge in [0.2, 0.25) is 0 Å². The Morgan fingerprint density at radius 1 is 1.57 bits per heavy atom. The molecule has 0 aliphatic heterocycles. The van der Waals surface area contributed by atoms with E-state index >= 15 is 0 Å².